The van der Waals surface area contributed by atoms with Gasteiger partial charge in [-0.2, -0.15) is 0 Å². The third-order valence-electron chi connectivity index (χ3n) is 6.09. The molecule has 0 fully saturated rings. The quantitative estimate of drug-likeness (QED) is 0.0761. The van der Waals surface area contributed by atoms with Gasteiger partial charge >= 0.3 is 29.8 Å². The van der Waals surface area contributed by atoms with Gasteiger partial charge in [-0.3, -0.25) is 0 Å². The summed E-state index contributed by atoms with van der Waals surface area (Å²) in [6.45, 7) is 18.5. The van der Waals surface area contributed by atoms with Crippen molar-refractivity contribution < 1.29 is 47.7 Å². The molecule has 0 radical (unpaired) electrons. The molecular weight excluding hydrogens is 616 g/mol. The molecule has 0 aliphatic rings. The minimum atomic E-state index is -0.775. The highest BCUT2D eigenvalue weighted by Gasteiger charge is 2.21. The fourth-order valence-corrected chi connectivity index (χ4v) is 3.58. The van der Waals surface area contributed by atoms with E-state index in [1.54, 1.807) is 31.2 Å². The Hall–Kier alpha value is -6.73. The zero-order valence-electron chi connectivity index (χ0n) is 26.4. The van der Waals surface area contributed by atoms with Crippen LogP contribution in [0.1, 0.15) is 46.5 Å². The van der Waals surface area contributed by atoms with E-state index >= 15 is 0 Å². The van der Waals surface area contributed by atoms with Crippen molar-refractivity contribution in [1.82, 2.24) is 0 Å². The van der Waals surface area contributed by atoms with Crippen LogP contribution in [0, 0.1) is 18.8 Å². The summed E-state index contributed by atoms with van der Waals surface area (Å²) < 4.78 is 26.6. The first-order chi connectivity index (χ1) is 22.8. The first-order valence-corrected chi connectivity index (χ1v) is 14.0. The lowest BCUT2D eigenvalue weighted by molar-refractivity contribution is -0.130. The monoisotopic (exact) mass is 646 g/mol. The Balaban J connectivity index is 2.04. The van der Waals surface area contributed by atoms with Gasteiger partial charge in [0.05, 0.1) is 17.4 Å². The fourth-order valence-electron chi connectivity index (χ4n) is 3.58. The van der Waals surface area contributed by atoms with Crippen LogP contribution < -0.4 is 18.9 Å². The summed E-state index contributed by atoms with van der Waals surface area (Å²) in [5.41, 5.74) is 1.66. The van der Waals surface area contributed by atoms with E-state index in [4.69, 9.17) is 23.7 Å². The predicted octanol–water partition coefficient (Wildman–Crippen LogP) is 6.37. The zero-order valence-corrected chi connectivity index (χ0v) is 26.4. The zero-order chi connectivity index (χ0) is 35.4. The number of rotatable bonds is 11. The van der Waals surface area contributed by atoms with Crippen LogP contribution in [0.3, 0.4) is 0 Å². The Kier molecular flexibility index (Phi) is 12.3. The lowest BCUT2D eigenvalue weighted by Crippen LogP contribution is -2.14. The van der Waals surface area contributed by atoms with Crippen LogP contribution >= 0.6 is 0 Å². The van der Waals surface area contributed by atoms with Gasteiger partial charge in [-0.25, -0.2) is 24.0 Å². The molecule has 10 heteroatoms. The molecule has 0 N–H and O–H groups in total. The minimum absolute atomic E-state index is 0.0355. The third kappa shape index (κ3) is 9.89. The van der Waals surface area contributed by atoms with E-state index < -0.39 is 29.8 Å². The molecule has 0 amide bonds. The van der Waals surface area contributed by atoms with Gasteiger partial charge in [0.25, 0.3) is 0 Å². The number of esters is 5. The Labute approximate surface area is 277 Å². The standard InChI is InChI=1S/C38H30O10/c1-8-33(39)45-29-16-11-26(12-17-29)10-13-28-22-32(47-36(41)23(3)4)31(35(25(28)7)48-37(42)24(5)6)20-21-44-38(43)27-14-18-30(19-15-27)46-34(40)9-2/h8-9,11-12,14-22H,1-3,5H2,4,6-7H3. The van der Waals surface area contributed by atoms with Crippen molar-refractivity contribution in [3.8, 4) is 34.8 Å². The first kappa shape index (κ1) is 35.7. The number of ether oxygens (including phenoxy) is 5. The summed E-state index contributed by atoms with van der Waals surface area (Å²) in [6, 6.07) is 13.4. The van der Waals surface area contributed by atoms with Crippen LogP contribution in [0.15, 0.2) is 110 Å². The van der Waals surface area contributed by atoms with Crippen LogP contribution in [0.4, 0.5) is 0 Å². The van der Waals surface area contributed by atoms with Crippen LogP contribution in [-0.4, -0.2) is 29.8 Å². The molecule has 0 unspecified atom stereocenters. The second kappa shape index (κ2) is 16.5. The van der Waals surface area contributed by atoms with Crippen molar-refractivity contribution in [2.75, 3.05) is 0 Å². The van der Waals surface area contributed by atoms with Crippen LogP contribution in [0.2, 0.25) is 0 Å². The fraction of sp³-hybridized carbons (Fsp3) is 0.0789. The summed E-state index contributed by atoms with van der Waals surface area (Å²) in [6.07, 6.45) is 4.36. The molecule has 242 valence electrons. The summed E-state index contributed by atoms with van der Waals surface area (Å²) >= 11 is 0. The summed E-state index contributed by atoms with van der Waals surface area (Å²) in [7, 11) is 0. The van der Waals surface area contributed by atoms with E-state index in [9.17, 15) is 24.0 Å². The van der Waals surface area contributed by atoms with Gasteiger partial charge in [0.15, 0.2) is 0 Å². The van der Waals surface area contributed by atoms with Crippen LogP contribution in [-0.2, 0) is 23.9 Å². The van der Waals surface area contributed by atoms with E-state index in [1.165, 1.54) is 50.3 Å². The van der Waals surface area contributed by atoms with Gasteiger partial charge in [0, 0.05) is 40.0 Å². The van der Waals surface area contributed by atoms with E-state index in [0.717, 1.165) is 18.4 Å². The van der Waals surface area contributed by atoms with Crippen molar-refractivity contribution in [1.29, 1.82) is 0 Å². The molecule has 48 heavy (non-hydrogen) atoms. The van der Waals surface area contributed by atoms with Crippen molar-refractivity contribution in [2.45, 2.75) is 20.8 Å². The van der Waals surface area contributed by atoms with E-state index in [1.807, 2.05) is 0 Å². The van der Waals surface area contributed by atoms with Gasteiger partial charge < -0.3 is 23.7 Å². The van der Waals surface area contributed by atoms with Gasteiger partial charge in [0.1, 0.15) is 23.0 Å². The van der Waals surface area contributed by atoms with Crippen molar-refractivity contribution in [2.24, 2.45) is 0 Å². The topological polar surface area (TPSA) is 132 Å². The lowest BCUT2D eigenvalue weighted by atomic mass is 10.0. The largest absolute Gasteiger partial charge is 0.431 e. The highest BCUT2D eigenvalue weighted by Crippen LogP contribution is 2.37. The van der Waals surface area contributed by atoms with Gasteiger partial charge in [-0.05, 0) is 81.4 Å². The molecule has 0 spiro atoms. The third-order valence-corrected chi connectivity index (χ3v) is 6.09. The molecule has 0 saturated carbocycles. The number of carbonyl (C=O) groups is 5. The first-order valence-electron chi connectivity index (χ1n) is 14.0. The molecule has 3 aromatic rings. The second-order valence-electron chi connectivity index (χ2n) is 9.89. The molecule has 3 rings (SSSR count). The maximum atomic E-state index is 12.7. The van der Waals surface area contributed by atoms with E-state index in [-0.39, 0.29) is 39.5 Å². The van der Waals surface area contributed by atoms with E-state index in [2.05, 4.69) is 38.2 Å². The minimum Gasteiger partial charge on any atom is -0.431 e. The maximum absolute atomic E-state index is 12.7. The summed E-state index contributed by atoms with van der Waals surface area (Å²) in [5, 5.41) is 0. The van der Waals surface area contributed by atoms with Crippen molar-refractivity contribution in [3.63, 3.8) is 0 Å². The normalized spacial score (nSPS) is 10.1. The van der Waals surface area contributed by atoms with Crippen molar-refractivity contribution >= 4 is 35.9 Å². The number of hydrogen-bond donors (Lipinski definition) is 0. The molecule has 3 aromatic carbocycles. The average Bonchev–Trinajstić information content (AvgIpc) is 3.06. The molecular formula is C38H30O10. The Bertz CT molecular complexity index is 1910. The molecule has 0 atom stereocenters. The van der Waals surface area contributed by atoms with Gasteiger partial charge in [-0.15, -0.1) is 0 Å². The van der Waals surface area contributed by atoms with Crippen LogP contribution in [0.5, 0.6) is 23.0 Å². The van der Waals surface area contributed by atoms with Gasteiger partial charge in [0.2, 0.25) is 0 Å². The Morgan fingerprint density at radius 2 is 1.23 bits per heavy atom. The average molecular weight is 647 g/mol. The van der Waals surface area contributed by atoms with Gasteiger partial charge in [-0.1, -0.05) is 38.2 Å². The molecule has 0 aliphatic carbocycles. The smallest absolute Gasteiger partial charge is 0.342 e. The highest BCUT2D eigenvalue weighted by atomic mass is 16.6. The number of hydrogen-bond acceptors (Lipinski definition) is 10. The molecule has 0 saturated heterocycles. The predicted molar refractivity (Wildman–Crippen MR) is 177 cm³/mol. The molecule has 0 heterocycles. The molecule has 0 aromatic heterocycles. The Morgan fingerprint density at radius 1 is 0.708 bits per heavy atom. The summed E-state index contributed by atoms with van der Waals surface area (Å²) in [5.74, 6) is 2.76. The van der Waals surface area contributed by atoms with E-state index in [0.29, 0.717) is 22.4 Å². The molecule has 0 aliphatic heterocycles. The number of carbonyl (C=O) groups excluding carboxylic acids is 5. The molecule has 0 bridgehead atoms. The van der Waals surface area contributed by atoms with Crippen LogP contribution in [0.25, 0.3) is 6.08 Å². The van der Waals surface area contributed by atoms with Crippen molar-refractivity contribution in [3.05, 3.63) is 138 Å². The highest BCUT2D eigenvalue weighted by molar-refractivity contribution is 5.93. The lowest BCUT2D eigenvalue weighted by Gasteiger charge is -2.16. The second-order valence-corrected chi connectivity index (χ2v) is 9.89. The Morgan fingerprint density at radius 3 is 1.75 bits per heavy atom. The number of benzene rings is 3. The SMILES string of the molecule is C=CC(=O)Oc1ccc(C#Cc2cc(OC(=O)C(=C)C)c(C=COC(=O)c3ccc(OC(=O)C=C)cc3)c(OC(=O)C(=C)C)c2C)cc1. The maximum Gasteiger partial charge on any atom is 0.342 e. The summed E-state index contributed by atoms with van der Waals surface area (Å²) in [4.78, 5) is 60.9. The molecule has 10 nitrogen and oxygen atoms in total.